The second-order valence-corrected chi connectivity index (χ2v) is 11.9. The first kappa shape index (κ1) is 34.3. The van der Waals surface area contributed by atoms with Crippen LogP contribution in [-0.2, 0) is 14.3 Å². The molecular weight excluding hydrogens is 494 g/mol. The van der Waals surface area contributed by atoms with Crippen LogP contribution in [0.3, 0.4) is 0 Å². The summed E-state index contributed by atoms with van der Waals surface area (Å²) in [5.41, 5.74) is 0.543. The number of aryl methyl sites for hydroxylation is 1. The minimum absolute atomic E-state index is 0.119. The Morgan fingerprint density at radius 3 is 2.21 bits per heavy atom. The molecule has 222 valence electrons. The second-order valence-electron chi connectivity index (χ2n) is 11.9. The summed E-state index contributed by atoms with van der Waals surface area (Å²) >= 11 is 0. The molecule has 3 amide bonds. The maximum Gasteiger partial charge on any atom is 0.408 e. The number of aromatic hydroxyl groups is 1. The molecule has 0 aromatic heterocycles. The highest BCUT2D eigenvalue weighted by molar-refractivity contribution is 5.92. The number of amides is 3. The van der Waals surface area contributed by atoms with Crippen LogP contribution in [0, 0.1) is 12.8 Å². The predicted molar refractivity (Wildman–Crippen MR) is 157 cm³/mol. The van der Waals surface area contributed by atoms with Crippen molar-refractivity contribution >= 4 is 17.9 Å². The molecule has 0 heterocycles. The number of hydrogen-bond donors (Lipinski definition) is 3. The zero-order valence-electron chi connectivity index (χ0n) is 25.6. The van der Waals surface area contributed by atoms with Crippen molar-refractivity contribution in [3.8, 4) is 5.75 Å². The average Bonchev–Trinajstić information content (AvgIpc) is 2.83. The van der Waals surface area contributed by atoms with Gasteiger partial charge in [0.1, 0.15) is 23.4 Å². The van der Waals surface area contributed by atoms with E-state index < -0.39 is 23.8 Å². The lowest BCUT2D eigenvalue weighted by atomic mass is 9.97. The highest BCUT2D eigenvalue weighted by atomic mass is 16.6. The van der Waals surface area contributed by atoms with E-state index in [4.69, 9.17) is 4.74 Å². The van der Waals surface area contributed by atoms with E-state index >= 15 is 0 Å². The number of ether oxygens (including phenoxy) is 1. The minimum atomic E-state index is -0.894. The summed E-state index contributed by atoms with van der Waals surface area (Å²) in [5.74, 6) is -0.332. The summed E-state index contributed by atoms with van der Waals surface area (Å²) in [7, 11) is 0. The molecule has 0 aliphatic heterocycles. The third-order valence-corrected chi connectivity index (χ3v) is 6.41. The largest absolute Gasteiger partial charge is 0.508 e. The normalized spacial score (nSPS) is 13.1. The van der Waals surface area contributed by atoms with Crippen molar-refractivity contribution in [2.45, 2.75) is 124 Å². The molecule has 0 aliphatic carbocycles. The van der Waals surface area contributed by atoms with E-state index in [9.17, 15) is 19.5 Å². The second kappa shape index (κ2) is 17.0. The van der Waals surface area contributed by atoms with Gasteiger partial charge < -0.3 is 25.4 Å². The number of rotatable bonds is 16. The molecule has 3 N–H and O–H groups in total. The van der Waals surface area contributed by atoms with E-state index in [1.807, 2.05) is 13.8 Å². The van der Waals surface area contributed by atoms with Crippen LogP contribution in [-0.4, -0.2) is 52.6 Å². The third-order valence-electron chi connectivity index (χ3n) is 6.41. The van der Waals surface area contributed by atoms with Crippen LogP contribution in [0.15, 0.2) is 18.2 Å². The molecule has 0 aliphatic rings. The first-order valence-corrected chi connectivity index (χ1v) is 14.7. The van der Waals surface area contributed by atoms with Gasteiger partial charge in [-0.1, -0.05) is 65.9 Å². The van der Waals surface area contributed by atoms with Crippen molar-refractivity contribution < 1.29 is 24.2 Å². The van der Waals surface area contributed by atoms with Crippen LogP contribution < -0.4 is 10.6 Å². The van der Waals surface area contributed by atoms with E-state index in [1.165, 1.54) is 0 Å². The molecule has 0 spiro atoms. The summed E-state index contributed by atoms with van der Waals surface area (Å²) in [6, 6.07) is 3.28. The molecule has 0 fully saturated rings. The van der Waals surface area contributed by atoms with Gasteiger partial charge in [-0.05, 0) is 76.1 Å². The lowest BCUT2D eigenvalue weighted by Crippen LogP contribution is -2.53. The maximum absolute atomic E-state index is 14.2. The van der Waals surface area contributed by atoms with E-state index in [0.29, 0.717) is 30.6 Å². The molecule has 8 heteroatoms. The van der Waals surface area contributed by atoms with E-state index in [2.05, 4.69) is 24.5 Å². The van der Waals surface area contributed by atoms with Gasteiger partial charge in [0.05, 0.1) is 0 Å². The summed E-state index contributed by atoms with van der Waals surface area (Å²) in [6.45, 7) is 16.2. The topological polar surface area (TPSA) is 108 Å². The smallest absolute Gasteiger partial charge is 0.408 e. The number of nitrogens with one attached hydrogen (secondary N) is 2. The molecule has 1 aromatic carbocycles. The van der Waals surface area contributed by atoms with Gasteiger partial charge in [0.25, 0.3) is 0 Å². The van der Waals surface area contributed by atoms with Crippen molar-refractivity contribution in [1.82, 2.24) is 15.5 Å². The van der Waals surface area contributed by atoms with Gasteiger partial charge in [0.15, 0.2) is 0 Å². The number of hydrogen-bond acceptors (Lipinski definition) is 5. The Morgan fingerprint density at radius 1 is 1.00 bits per heavy atom. The van der Waals surface area contributed by atoms with E-state index in [0.717, 1.165) is 44.9 Å². The van der Waals surface area contributed by atoms with Crippen LogP contribution >= 0.6 is 0 Å². The number of unbranched alkanes of at least 4 members (excludes halogenated alkanes) is 5. The fraction of sp³-hybridized carbons (Fsp3) is 0.710. The fourth-order valence-electron chi connectivity index (χ4n) is 4.40. The SMILES string of the molecule is CCCCCCCN(C(=O)C(CC(C)C)NC(=O)OC(C)(C)C)C(C(=O)NCCCC)c1ccc(O)c(C)c1. The van der Waals surface area contributed by atoms with Gasteiger partial charge >= 0.3 is 6.09 Å². The molecule has 0 saturated heterocycles. The molecule has 2 atom stereocenters. The number of benzene rings is 1. The van der Waals surface area contributed by atoms with Gasteiger partial charge in [-0.2, -0.15) is 0 Å². The quantitative estimate of drug-likeness (QED) is 0.208. The molecular formula is C31H53N3O5. The van der Waals surface area contributed by atoms with Crippen LogP contribution in [0.2, 0.25) is 0 Å². The third kappa shape index (κ3) is 12.8. The number of phenols is 1. The Hall–Kier alpha value is -2.77. The van der Waals surface area contributed by atoms with Crippen LogP contribution in [0.4, 0.5) is 4.79 Å². The van der Waals surface area contributed by atoms with E-state index in [1.54, 1.807) is 50.8 Å². The Balaban J connectivity index is 3.48. The molecule has 0 bridgehead atoms. The maximum atomic E-state index is 14.2. The van der Waals surface area contributed by atoms with Crippen molar-refractivity contribution in [2.75, 3.05) is 13.1 Å². The number of phenolic OH excluding ortho intramolecular Hbond substituents is 1. The molecule has 1 aromatic rings. The lowest BCUT2D eigenvalue weighted by Gasteiger charge is -2.35. The van der Waals surface area contributed by atoms with Gasteiger partial charge in [-0.3, -0.25) is 9.59 Å². The number of carbonyl (C=O) groups is 3. The Labute approximate surface area is 236 Å². The standard InChI is InChI=1S/C31H53N3O5/c1-9-11-13-14-15-19-34(29(37)25(20-22(3)4)33-30(38)39-31(6,7)8)27(28(36)32-18-12-10-2)24-16-17-26(35)23(5)21-24/h16-17,21-22,25,27,35H,9-15,18-20H2,1-8H3,(H,32,36)(H,33,38). The number of nitrogens with zero attached hydrogens (tertiary/aromatic N) is 1. The Kier molecular flexibility index (Phi) is 15.0. The zero-order valence-corrected chi connectivity index (χ0v) is 25.6. The first-order valence-electron chi connectivity index (χ1n) is 14.7. The number of carbonyl (C=O) groups excluding carboxylic acids is 3. The van der Waals surface area contributed by atoms with Gasteiger partial charge in [0.2, 0.25) is 11.8 Å². The molecule has 8 nitrogen and oxygen atoms in total. The van der Waals surface area contributed by atoms with Crippen molar-refractivity contribution in [1.29, 1.82) is 0 Å². The molecule has 1 rings (SSSR count). The predicted octanol–water partition coefficient (Wildman–Crippen LogP) is 6.40. The van der Waals surface area contributed by atoms with Crippen LogP contribution in [0.25, 0.3) is 0 Å². The molecule has 39 heavy (non-hydrogen) atoms. The Bertz CT molecular complexity index is 910. The van der Waals surface area contributed by atoms with Crippen molar-refractivity contribution in [3.05, 3.63) is 29.3 Å². The summed E-state index contributed by atoms with van der Waals surface area (Å²) in [5, 5.41) is 15.9. The van der Waals surface area contributed by atoms with Crippen molar-refractivity contribution in [2.24, 2.45) is 5.92 Å². The average molecular weight is 548 g/mol. The van der Waals surface area contributed by atoms with Crippen LogP contribution in [0.5, 0.6) is 5.75 Å². The van der Waals surface area contributed by atoms with Crippen molar-refractivity contribution in [3.63, 3.8) is 0 Å². The lowest BCUT2D eigenvalue weighted by molar-refractivity contribution is -0.143. The number of alkyl carbamates (subject to hydrolysis) is 1. The van der Waals surface area contributed by atoms with Crippen LogP contribution in [0.1, 0.15) is 117 Å². The monoisotopic (exact) mass is 547 g/mol. The minimum Gasteiger partial charge on any atom is -0.508 e. The molecule has 0 radical (unpaired) electrons. The molecule has 2 unspecified atom stereocenters. The zero-order chi connectivity index (χ0) is 29.6. The highest BCUT2D eigenvalue weighted by Crippen LogP contribution is 2.28. The fourth-order valence-corrected chi connectivity index (χ4v) is 4.40. The first-order chi connectivity index (χ1) is 18.3. The van der Waals surface area contributed by atoms with Gasteiger partial charge in [-0.25, -0.2) is 4.79 Å². The van der Waals surface area contributed by atoms with E-state index in [-0.39, 0.29) is 23.5 Å². The Morgan fingerprint density at radius 2 is 1.64 bits per heavy atom. The van der Waals surface area contributed by atoms with Gasteiger partial charge in [0, 0.05) is 13.1 Å². The summed E-state index contributed by atoms with van der Waals surface area (Å²) < 4.78 is 5.46. The summed E-state index contributed by atoms with van der Waals surface area (Å²) in [4.78, 5) is 42.2. The molecule has 0 saturated carbocycles. The highest BCUT2D eigenvalue weighted by Gasteiger charge is 2.36. The van der Waals surface area contributed by atoms with Gasteiger partial charge in [-0.15, -0.1) is 0 Å². The summed E-state index contributed by atoms with van der Waals surface area (Å²) in [6.07, 6.45) is 6.45.